The van der Waals surface area contributed by atoms with Gasteiger partial charge >= 0.3 is 0 Å². The monoisotopic (exact) mass is 215 g/mol. The van der Waals surface area contributed by atoms with Crippen molar-refractivity contribution in [2.24, 2.45) is 5.92 Å². The third kappa shape index (κ3) is 6.50. The third-order valence-corrected chi connectivity index (χ3v) is 2.42. The minimum absolute atomic E-state index is 0.147. The number of hydrogen-bond acceptors (Lipinski definition) is 2. The van der Waals surface area contributed by atoms with Crippen LogP contribution in [0, 0.1) is 5.92 Å². The van der Waals surface area contributed by atoms with Gasteiger partial charge in [0.15, 0.2) is 0 Å². The molecule has 0 aromatic carbocycles. The minimum Gasteiger partial charge on any atom is -0.393 e. The molecule has 1 aliphatic carbocycles. The molecule has 15 heavy (non-hydrogen) atoms. The summed E-state index contributed by atoms with van der Waals surface area (Å²) in [6.45, 7) is 6.88. The SMILES string of the molecule is CCC.CCNC(=O)C1CCC(O)CC1. The molecule has 0 atom stereocenters. The van der Waals surface area contributed by atoms with Crippen molar-refractivity contribution >= 4 is 5.91 Å². The lowest BCUT2D eigenvalue weighted by atomic mass is 9.87. The van der Waals surface area contributed by atoms with Gasteiger partial charge in [-0.1, -0.05) is 20.3 Å². The molecule has 0 aromatic heterocycles. The van der Waals surface area contributed by atoms with Crippen LogP contribution in [0.15, 0.2) is 0 Å². The fourth-order valence-corrected chi connectivity index (χ4v) is 1.66. The number of amides is 1. The molecule has 1 rings (SSSR count). The van der Waals surface area contributed by atoms with Crippen LogP contribution in [-0.2, 0) is 4.79 Å². The van der Waals surface area contributed by atoms with Crippen LogP contribution in [0.25, 0.3) is 0 Å². The summed E-state index contributed by atoms with van der Waals surface area (Å²) in [4.78, 5) is 11.3. The number of carbonyl (C=O) groups is 1. The van der Waals surface area contributed by atoms with E-state index in [1.165, 1.54) is 6.42 Å². The Bertz CT molecular complexity index is 163. The van der Waals surface area contributed by atoms with Crippen molar-refractivity contribution in [1.29, 1.82) is 0 Å². The highest BCUT2D eigenvalue weighted by atomic mass is 16.3. The molecule has 0 aromatic rings. The van der Waals surface area contributed by atoms with Gasteiger partial charge in [0, 0.05) is 12.5 Å². The molecule has 3 nitrogen and oxygen atoms in total. The van der Waals surface area contributed by atoms with Crippen LogP contribution in [0.3, 0.4) is 0 Å². The summed E-state index contributed by atoms with van der Waals surface area (Å²) in [5, 5.41) is 12.0. The van der Waals surface area contributed by atoms with Gasteiger partial charge in [-0.05, 0) is 32.6 Å². The van der Waals surface area contributed by atoms with E-state index in [1.54, 1.807) is 0 Å². The first kappa shape index (κ1) is 14.4. The van der Waals surface area contributed by atoms with Gasteiger partial charge in [-0.15, -0.1) is 0 Å². The van der Waals surface area contributed by atoms with E-state index < -0.39 is 0 Å². The molecule has 0 radical (unpaired) electrons. The molecule has 90 valence electrons. The van der Waals surface area contributed by atoms with E-state index in [4.69, 9.17) is 0 Å². The van der Waals surface area contributed by atoms with Crippen molar-refractivity contribution in [1.82, 2.24) is 5.32 Å². The topological polar surface area (TPSA) is 49.3 Å². The molecule has 0 heterocycles. The summed E-state index contributed by atoms with van der Waals surface area (Å²) in [6, 6.07) is 0. The molecule has 1 aliphatic rings. The first-order valence-electron chi connectivity index (χ1n) is 6.11. The van der Waals surface area contributed by atoms with Crippen LogP contribution in [0.2, 0.25) is 0 Å². The minimum atomic E-state index is -0.171. The van der Waals surface area contributed by atoms with Gasteiger partial charge in [0.25, 0.3) is 0 Å². The Balaban J connectivity index is 0.000000583. The molecule has 0 saturated heterocycles. The van der Waals surface area contributed by atoms with E-state index in [1.807, 2.05) is 6.92 Å². The number of aliphatic hydroxyl groups is 1. The van der Waals surface area contributed by atoms with E-state index in [0.29, 0.717) is 6.54 Å². The Kier molecular flexibility index (Phi) is 8.38. The lowest BCUT2D eigenvalue weighted by Crippen LogP contribution is -2.33. The van der Waals surface area contributed by atoms with Crippen LogP contribution in [0.4, 0.5) is 0 Å². The average molecular weight is 215 g/mol. The highest BCUT2D eigenvalue weighted by Crippen LogP contribution is 2.23. The number of aliphatic hydroxyl groups excluding tert-OH is 1. The molecule has 0 spiro atoms. The van der Waals surface area contributed by atoms with E-state index in [0.717, 1.165) is 25.7 Å². The smallest absolute Gasteiger partial charge is 0.223 e. The van der Waals surface area contributed by atoms with Crippen molar-refractivity contribution in [2.45, 2.75) is 59.0 Å². The zero-order chi connectivity index (χ0) is 11.7. The normalized spacial score (nSPS) is 25.1. The third-order valence-electron chi connectivity index (χ3n) is 2.42. The summed E-state index contributed by atoms with van der Waals surface area (Å²) in [5.74, 6) is 0.303. The predicted octanol–water partition coefficient (Wildman–Crippen LogP) is 2.09. The zero-order valence-corrected chi connectivity index (χ0v) is 10.3. The van der Waals surface area contributed by atoms with E-state index >= 15 is 0 Å². The van der Waals surface area contributed by atoms with Gasteiger partial charge in [0.2, 0.25) is 5.91 Å². The molecular weight excluding hydrogens is 190 g/mol. The van der Waals surface area contributed by atoms with Crippen molar-refractivity contribution in [3.63, 3.8) is 0 Å². The Labute approximate surface area is 93.3 Å². The second-order valence-corrected chi connectivity index (χ2v) is 4.11. The lowest BCUT2D eigenvalue weighted by molar-refractivity contribution is -0.126. The van der Waals surface area contributed by atoms with E-state index in [9.17, 15) is 9.90 Å². The summed E-state index contributed by atoms with van der Waals surface area (Å²) >= 11 is 0. The molecule has 1 saturated carbocycles. The molecule has 3 heteroatoms. The molecule has 0 bridgehead atoms. The van der Waals surface area contributed by atoms with Crippen LogP contribution in [0.1, 0.15) is 52.9 Å². The lowest BCUT2D eigenvalue weighted by Gasteiger charge is -2.24. The van der Waals surface area contributed by atoms with Crippen LogP contribution in [0.5, 0.6) is 0 Å². The van der Waals surface area contributed by atoms with E-state index in [-0.39, 0.29) is 17.9 Å². The Hall–Kier alpha value is -0.570. The molecule has 2 N–H and O–H groups in total. The second kappa shape index (κ2) is 8.72. The van der Waals surface area contributed by atoms with Gasteiger partial charge in [-0.3, -0.25) is 4.79 Å². The standard InChI is InChI=1S/C9H17NO2.C3H8/c1-2-10-9(12)7-3-5-8(11)6-4-7;1-3-2/h7-8,11H,2-6H2,1H3,(H,10,12);3H2,1-2H3. The zero-order valence-electron chi connectivity index (χ0n) is 10.3. The highest BCUT2D eigenvalue weighted by Gasteiger charge is 2.24. The molecule has 0 unspecified atom stereocenters. The highest BCUT2D eigenvalue weighted by molar-refractivity contribution is 5.78. The maximum atomic E-state index is 11.3. The number of carbonyl (C=O) groups excluding carboxylic acids is 1. The Morgan fingerprint density at radius 1 is 1.20 bits per heavy atom. The molecular formula is C12H25NO2. The Morgan fingerprint density at radius 3 is 2.07 bits per heavy atom. The van der Waals surface area contributed by atoms with Gasteiger partial charge in [0.1, 0.15) is 0 Å². The summed E-state index contributed by atoms with van der Waals surface area (Å²) in [7, 11) is 0. The average Bonchev–Trinajstić information content (AvgIpc) is 2.20. The Morgan fingerprint density at radius 2 is 1.67 bits per heavy atom. The summed E-state index contributed by atoms with van der Waals surface area (Å²) < 4.78 is 0. The first-order chi connectivity index (χ1) is 7.15. The van der Waals surface area contributed by atoms with Gasteiger partial charge in [-0.25, -0.2) is 0 Å². The van der Waals surface area contributed by atoms with Crippen LogP contribution >= 0.6 is 0 Å². The second-order valence-electron chi connectivity index (χ2n) is 4.11. The number of hydrogen-bond donors (Lipinski definition) is 2. The number of nitrogens with one attached hydrogen (secondary N) is 1. The summed E-state index contributed by atoms with van der Waals surface area (Å²) in [6.07, 6.45) is 4.32. The fourth-order valence-electron chi connectivity index (χ4n) is 1.66. The molecule has 0 aliphatic heterocycles. The summed E-state index contributed by atoms with van der Waals surface area (Å²) in [5.41, 5.74) is 0. The van der Waals surface area contributed by atoms with E-state index in [2.05, 4.69) is 19.2 Å². The maximum Gasteiger partial charge on any atom is 0.223 e. The van der Waals surface area contributed by atoms with Crippen LogP contribution in [-0.4, -0.2) is 23.7 Å². The van der Waals surface area contributed by atoms with Gasteiger partial charge in [0.05, 0.1) is 6.10 Å². The quantitative estimate of drug-likeness (QED) is 0.741. The fraction of sp³-hybridized carbons (Fsp3) is 0.917. The largest absolute Gasteiger partial charge is 0.393 e. The van der Waals surface area contributed by atoms with Crippen molar-refractivity contribution in [2.75, 3.05) is 6.54 Å². The van der Waals surface area contributed by atoms with Crippen LogP contribution < -0.4 is 5.32 Å². The predicted molar refractivity (Wildman–Crippen MR) is 62.6 cm³/mol. The number of rotatable bonds is 2. The van der Waals surface area contributed by atoms with Crippen molar-refractivity contribution in [3.05, 3.63) is 0 Å². The van der Waals surface area contributed by atoms with Gasteiger partial charge < -0.3 is 10.4 Å². The van der Waals surface area contributed by atoms with Crippen molar-refractivity contribution in [3.8, 4) is 0 Å². The molecule has 1 amide bonds. The van der Waals surface area contributed by atoms with Gasteiger partial charge in [-0.2, -0.15) is 0 Å². The maximum absolute atomic E-state index is 11.3. The van der Waals surface area contributed by atoms with Crippen molar-refractivity contribution < 1.29 is 9.90 Å². The first-order valence-corrected chi connectivity index (χ1v) is 6.11. The molecule has 1 fully saturated rings.